The molecule has 2 N–H and O–H groups in total. The van der Waals surface area contributed by atoms with E-state index in [1.54, 1.807) is 18.1 Å². The summed E-state index contributed by atoms with van der Waals surface area (Å²) in [5.74, 6) is -0.245. The lowest BCUT2D eigenvalue weighted by Gasteiger charge is -2.29. The molecule has 0 heterocycles. The molecule has 5 heteroatoms. The summed E-state index contributed by atoms with van der Waals surface area (Å²) >= 11 is 0. The third kappa shape index (κ3) is 3.10. The molecule has 1 saturated carbocycles. The molecule has 1 atom stereocenters. The molecule has 4 nitrogen and oxygen atoms in total. The van der Waals surface area contributed by atoms with E-state index in [1.807, 2.05) is 6.92 Å². The first-order valence-electron chi connectivity index (χ1n) is 6.90. The van der Waals surface area contributed by atoms with Gasteiger partial charge in [-0.2, -0.15) is 0 Å². The predicted molar refractivity (Wildman–Crippen MR) is 75.9 cm³/mol. The van der Waals surface area contributed by atoms with E-state index in [-0.39, 0.29) is 23.2 Å². The van der Waals surface area contributed by atoms with Crippen molar-refractivity contribution in [2.24, 2.45) is 5.92 Å². The molecule has 1 aliphatic rings. The van der Waals surface area contributed by atoms with Crippen LogP contribution in [0.4, 0.5) is 10.1 Å². The number of nitrogens with zero attached hydrogens (tertiary/aromatic N) is 1. The number of nitrogens with two attached hydrogens (primary N) is 1. The summed E-state index contributed by atoms with van der Waals surface area (Å²) in [7, 11) is 1.60. The van der Waals surface area contributed by atoms with Gasteiger partial charge >= 0.3 is 0 Å². The number of rotatable bonds is 6. The number of benzene rings is 1. The van der Waals surface area contributed by atoms with Crippen molar-refractivity contribution in [1.29, 1.82) is 0 Å². The fourth-order valence-electron chi connectivity index (χ4n) is 2.39. The summed E-state index contributed by atoms with van der Waals surface area (Å²) in [6.07, 6.45) is 2.27. The van der Waals surface area contributed by atoms with Crippen LogP contribution in [0.5, 0.6) is 0 Å². The number of hydrogen-bond acceptors (Lipinski definition) is 3. The predicted octanol–water partition coefficient (Wildman–Crippen LogP) is 2.29. The van der Waals surface area contributed by atoms with Crippen LogP contribution < -0.4 is 5.73 Å². The fraction of sp³-hybridized carbons (Fsp3) is 0.533. The van der Waals surface area contributed by atoms with Gasteiger partial charge in [0.2, 0.25) is 0 Å². The number of carbonyl (C=O) groups excluding carboxylic acids is 1. The third-order valence-corrected chi connectivity index (χ3v) is 3.88. The van der Waals surface area contributed by atoms with Crippen LogP contribution in [0.25, 0.3) is 0 Å². The molecule has 0 saturated heterocycles. The Morgan fingerprint density at radius 3 is 2.85 bits per heavy atom. The Hall–Kier alpha value is -1.62. The maximum Gasteiger partial charge on any atom is 0.256 e. The van der Waals surface area contributed by atoms with Gasteiger partial charge in [-0.15, -0.1) is 0 Å². The van der Waals surface area contributed by atoms with Crippen LogP contribution in [0.3, 0.4) is 0 Å². The fourth-order valence-corrected chi connectivity index (χ4v) is 2.39. The molecule has 1 fully saturated rings. The standard InChI is InChI=1S/C15H21FN2O2/c1-10(11-6-7-11)18(8-9-20-2)15(19)12-4-3-5-13(16)14(12)17/h3-5,10-11H,6-9,17H2,1-2H3. The Kier molecular flexibility index (Phi) is 4.60. The minimum absolute atomic E-state index is 0.0806. The van der Waals surface area contributed by atoms with Crippen molar-refractivity contribution in [2.75, 3.05) is 26.0 Å². The molecule has 0 radical (unpaired) electrons. The molecule has 2 rings (SSSR count). The molecule has 1 aromatic carbocycles. The number of hydrogen-bond donors (Lipinski definition) is 1. The van der Waals surface area contributed by atoms with Gasteiger partial charge in [0.05, 0.1) is 17.9 Å². The van der Waals surface area contributed by atoms with Crippen LogP contribution in [0.1, 0.15) is 30.1 Å². The average molecular weight is 280 g/mol. The number of para-hydroxylation sites is 1. The average Bonchev–Trinajstić information content (AvgIpc) is 3.26. The van der Waals surface area contributed by atoms with E-state index in [1.165, 1.54) is 12.1 Å². The Morgan fingerprint density at radius 2 is 2.25 bits per heavy atom. The van der Waals surface area contributed by atoms with Crippen LogP contribution in [-0.2, 0) is 4.74 Å². The molecule has 1 aliphatic carbocycles. The van der Waals surface area contributed by atoms with Crippen molar-refractivity contribution in [3.8, 4) is 0 Å². The monoisotopic (exact) mass is 280 g/mol. The van der Waals surface area contributed by atoms with Crippen molar-refractivity contribution in [2.45, 2.75) is 25.8 Å². The Bertz CT molecular complexity index is 489. The van der Waals surface area contributed by atoms with E-state index in [9.17, 15) is 9.18 Å². The maximum atomic E-state index is 13.5. The lowest BCUT2D eigenvalue weighted by atomic mass is 10.1. The molecule has 0 bridgehead atoms. The van der Waals surface area contributed by atoms with E-state index in [2.05, 4.69) is 0 Å². The number of halogens is 1. The van der Waals surface area contributed by atoms with Crippen molar-refractivity contribution in [3.63, 3.8) is 0 Å². The van der Waals surface area contributed by atoms with Gasteiger partial charge in [-0.25, -0.2) is 4.39 Å². The zero-order valence-corrected chi connectivity index (χ0v) is 11.9. The summed E-state index contributed by atoms with van der Waals surface area (Å²) in [4.78, 5) is 14.4. The van der Waals surface area contributed by atoms with Crippen LogP contribution in [-0.4, -0.2) is 37.1 Å². The van der Waals surface area contributed by atoms with Crippen molar-refractivity contribution in [1.82, 2.24) is 4.90 Å². The summed E-state index contributed by atoms with van der Waals surface area (Å²) in [5.41, 5.74) is 5.84. The first-order chi connectivity index (χ1) is 9.56. The Labute approximate surface area is 118 Å². The third-order valence-electron chi connectivity index (χ3n) is 3.88. The van der Waals surface area contributed by atoms with Crippen molar-refractivity contribution < 1.29 is 13.9 Å². The zero-order valence-electron chi connectivity index (χ0n) is 11.9. The number of carbonyl (C=O) groups is 1. The number of anilines is 1. The van der Waals surface area contributed by atoms with E-state index in [0.29, 0.717) is 19.1 Å². The first kappa shape index (κ1) is 14.8. The van der Waals surface area contributed by atoms with Crippen molar-refractivity contribution in [3.05, 3.63) is 29.6 Å². The summed E-state index contributed by atoms with van der Waals surface area (Å²) in [6.45, 7) is 2.97. The molecule has 0 spiro atoms. The quantitative estimate of drug-likeness (QED) is 0.813. The second kappa shape index (κ2) is 6.22. The van der Waals surface area contributed by atoms with Gasteiger partial charge in [-0.3, -0.25) is 4.79 Å². The molecular formula is C15H21FN2O2. The highest BCUT2D eigenvalue weighted by atomic mass is 19.1. The Balaban J connectivity index is 2.22. The Morgan fingerprint density at radius 1 is 1.55 bits per heavy atom. The summed E-state index contributed by atoms with van der Waals surface area (Å²) < 4.78 is 18.6. The molecule has 1 aromatic rings. The van der Waals surface area contributed by atoms with E-state index in [0.717, 1.165) is 12.8 Å². The molecular weight excluding hydrogens is 259 g/mol. The summed E-state index contributed by atoms with van der Waals surface area (Å²) in [6, 6.07) is 4.46. The number of methoxy groups -OCH3 is 1. The van der Waals surface area contributed by atoms with Gasteiger partial charge in [-0.05, 0) is 37.8 Å². The highest BCUT2D eigenvalue weighted by molar-refractivity contribution is 5.99. The lowest BCUT2D eigenvalue weighted by Crippen LogP contribution is -2.42. The van der Waals surface area contributed by atoms with Gasteiger partial charge in [0, 0.05) is 19.7 Å². The molecule has 1 unspecified atom stereocenters. The first-order valence-corrected chi connectivity index (χ1v) is 6.90. The molecule has 0 aliphatic heterocycles. The molecule has 20 heavy (non-hydrogen) atoms. The van der Waals surface area contributed by atoms with Gasteiger partial charge in [-0.1, -0.05) is 6.07 Å². The number of nitrogen functional groups attached to an aromatic ring is 1. The van der Waals surface area contributed by atoms with Gasteiger partial charge in [0.1, 0.15) is 5.82 Å². The molecule has 0 aromatic heterocycles. The zero-order chi connectivity index (χ0) is 14.7. The lowest BCUT2D eigenvalue weighted by molar-refractivity contribution is 0.0595. The van der Waals surface area contributed by atoms with Crippen LogP contribution in [0.15, 0.2) is 18.2 Å². The largest absolute Gasteiger partial charge is 0.396 e. The highest BCUT2D eigenvalue weighted by Crippen LogP contribution is 2.35. The normalized spacial score (nSPS) is 15.9. The topological polar surface area (TPSA) is 55.6 Å². The van der Waals surface area contributed by atoms with E-state index in [4.69, 9.17) is 10.5 Å². The highest BCUT2D eigenvalue weighted by Gasteiger charge is 2.35. The number of amides is 1. The minimum Gasteiger partial charge on any atom is -0.396 e. The summed E-state index contributed by atoms with van der Waals surface area (Å²) in [5, 5.41) is 0. The maximum absolute atomic E-state index is 13.5. The van der Waals surface area contributed by atoms with Crippen LogP contribution in [0, 0.1) is 11.7 Å². The minimum atomic E-state index is -0.554. The van der Waals surface area contributed by atoms with Crippen molar-refractivity contribution >= 4 is 11.6 Å². The molecule has 1 amide bonds. The van der Waals surface area contributed by atoms with E-state index < -0.39 is 5.82 Å². The van der Waals surface area contributed by atoms with Crippen LogP contribution >= 0.6 is 0 Å². The molecule has 110 valence electrons. The SMILES string of the molecule is COCCN(C(=O)c1cccc(F)c1N)C(C)C1CC1. The number of ether oxygens (including phenoxy) is 1. The second-order valence-corrected chi connectivity index (χ2v) is 5.27. The second-order valence-electron chi connectivity index (χ2n) is 5.27. The van der Waals surface area contributed by atoms with Gasteiger partial charge in [0.15, 0.2) is 0 Å². The van der Waals surface area contributed by atoms with Gasteiger partial charge < -0.3 is 15.4 Å². The van der Waals surface area contributed by atoms with E-state index >= 15 is 0 Å². The van der Waals surface area contributed by atoms with Crippen LogP contribution in [0.2, 0.25) is 0 Å². The smallest absolute Gasteiger partial charge is 0.256 e. The van der Waals surface area contributed by atoms with Gasteiger partial charge in [0.25, 0.3) is 5.91 Å².